The number of nitrogens with zero attached hydrogens (tertiary/aromatic N) is 1. The predicted octanol–water partition coefficient (Wildman–Crippen LogP) is 6.93. The highest BCUT2D eigenvalue weighted by molar-refractivity contribution is 6.07. The third-order valence-corrected chi connectivity index (χ3v) is 6.36. The maximum atomic E-state index is 13.9. The second-order valence-corrected chi connectivity index (χ2v) is 8.93. The minimum atomic E-state index is -0.172. The van der Waals surface area contributed by atoms with E-state index in [2.05, 4.69) is 29.6 Å². The molecule has 1 aromatic heterocycles. The SMILES string of the molecule is COc1cccc(-c2cc(C(=O)NC(Cc3ccccc3)c3ccccc3)c3cc(C)ccc3n2)c1. The lowest BCUT2D eigenvalue weighted by Gasteiger charge is -2.20. The molecule has 4 nitrogen and oxygen atoms in total. The largest absolute Gasteiger partial charge is 0.497 e. The lowest BCUT2D eigenvalue weighted by atomic mass is 9.97. The smallest absolute Gasteiger partial charge is 0.252 e. The number of carbonyl (C=O) groups is 1. The number of hydrogen-bond donors (Lipinski definition) is 1. The molecule has 5 aromatic rings. The third-order valence-electron chi connectivity index (χ3n) is 6.36. The van der Waals surface area contributed by atoms with E-state index in [0.717, 1.165) is 39.0 Å². The van der Waals surface area contributed by atoms with Crippen LogP contribution >= 0.6 is 0 Å². The highest BCUT2D eigenvalue weighted by Gasteiger charge is 2.20. The van der Waals surface area contributed by atoms with Crippen LogP contribution in [-0.2, 0) is 6.42 Å². The molecule has 36 heavy (non-hydrogen) atoms. The van der Waals surface area contributed by atoms with Gasteiger partial charge in [-0.3, -0.25) is 4.79 Å². The Morgan fingerprint density at radius 2 is 1.61 bits per heavy atom. The molecule has 0 aliphatic heterocycles. The molecule has 0 spiro atoms. The summed E-state index contributed by atoms with van der Waals surface area (Å²) in [7, 11) is 1.64. The number of hydrogen-bond acceptors (Lipinski definition) is 3. The normalized spacial score (nSPS) is 11.7. The standard InChI is InChI=1S/C32H28N2O2/c1-22-16-17-29-27(18-22)28(21-31(33-29)25-14-9-15-26(20-25)36-2)32(35)34-30(24-12-7-4-8-13-24)19-23-10-5-3-6-11-23/h3-18,20-21,30H,19H2,1-2H3,(H,34,35). The Hall–Kier alpha value is -4.44. The van der Waals surface area contributed by atoms with Crippen LogP contribution in [-0.4, -0.2) is 18.0 Å². The van der Waals surface area contributed by atoms with Gasteiger partial charge in [-0.2, -0.15) is 0 Å². The molecule has 178 valence electrons. The fourth-order valence-electron chi connectivity index (χ4n) is 4.48. The Kier molecular flexibility index (Phi) is 6.76. The van der Waals surface area contributed by atoms with Gasteiger partial charge in [-0.1, -0.05) is 84.4 Å². The quantitative estimate of drug-likeness (QED) is 0.279. The molecule has 1 heterocycles. The number of pyridine rings is 1. The summed E-state index contributed by atoms with van der Waals surface area (Å²) in [5.41, 5.74) is 6.33. The first-order valence-electron chi connectivity index (χ1n) is 12.1. The molecule has 1 unspecified atom stereocenters. The van der Waals surface area contributed by atoms with E-state index >= 15 is 0 Å². The van der Waals surface area contributed by atoms with Gasteiger partial charge >= 0.3 is 0 Å². The number of amides is 1. The monoisotopic (exact) mass is 472 g/mol. The summed E-state index contributed by atoms with van der Waals surface area (Å²) >= 11 is 0. The van der Waals surface area contributed by atoms with Gasteiger partial charge in [0.1, 0.15) is 5.75 Å². The first kappa shape index (κ1) is 23.3. The van der Waals surface area contributed by atoms with E-state index in [1.807, 2.05) is 91.9 Å². The molecular formula is C32H28N2O2. The van der Waals surface area contributed by atoms with Gasteiger partial charge in [0, 0.05) is 10.9 Å². The molecule has 0 bridgehead atoms. The predicted molar refractivity (Wildman–Crippen MR) is 145 cm³/mol. The number of carbonyl (C=O) groups excluding carboxylic acids is 1. The number of fused-ring (bicyclic) bond motifs is 1. The van der Waals surface area contributed by atoms with E-state index in [-0.39, 0.29) is 11.9 Å². The Morgan fingerprint density at radius 1 is 0.861 bits per heavy atom. The van der Waals surface area contributed by atoms with Crippen molar-refractivity contribution >= 4 is 16.8 Å². The Bertz CT molecular complexity index is 1500. The van der Waals surface area contributed by atoms with Crippen LogP contribution < -0.4 is 10.1 Å². The fourth-order valence-corrected chi connectivity index (χ4v) is 4.48. The highest BCUT2D eigenvalue weighted by atomic mass is 16.5. The highest BCUT2D eigenvalue weighted by Crippen LogP contribution is 2.29. The average Bonchev–Trinajstić information content (AvgIpc) is 2.93. The van der Waals surface area contributed by atoms with Crippen molar-refractivity contribution in [2.75, 3.05) is 7.11 Å². The van der Waals surface area contributed by atoms with Crippen molar-refractivity contribution in [2.45, 2.75) is 19.4 Å². The van der Waals surface area contributed by atoms with Crippen molar-refractivity contribution in [1.29, 1.82) is 0 Å². The minimum absolute atomic E-state index is 0.123. The van der Waals surface area contributed by atoms with Crippen LogP contribution in [0.5, 0.6) is 5.75 Å². The summed E-state index contributed by atoms with van der Waals surface area (Å²) in [6.45, 7) is 2.03. The molecule has 4 heteroatoms. The molecule has 0 aliphatic rings. The maximum Gasteiger partial charge on any atom is 0.252 e. The summed E-state index contributed by atoms with van der Waals surface area (Å²) in [6.07, 6.45) is 0.696. The zero-order valence-corrected chi connectivity index (χ0v) is 20.4. The summed E-state index contributed by atoms with van der Waals surface area (Å²) in [5.74, 6) is 0.623. The number of benzene rings is 4. The van der Waals surface area contributed by atoms with Gasteiger partial charge in [0.25, 0.3) is 5.91 Å². The Morgan fingerprint density at radius 3 is 2.36 bits per heavy atom. The van der Waals surface area contributed by atoms with Crippen LogP contribution in [0.3, 0.4) is 0 Å². The maximum absolute atomic E-state index is 13.9. The van der Waals surface area contributed by atoms with Crippen molar-refractivity contribution in [3.05, 3.63) is 131 Å². The van der Waals surface area contributed by atoms with Gasteiger partial charge in [-0.25, -0.2) is 4.98 Å². The van der Waals surface area contributed by atoms with E-state index in [1.54, 1.807) is 7.11 Å². The third kappa shape index (κ3) is 5.13. The van der Waals surface area contributed by atoms with Gasteiger partial charge in [0.05, 0.1) is 29.9 Å². The van der Waals surface area contributed by atoms with Crippen LogP contribution in [0.1, 0.15) is 33.1 Å². The first-order valence-corrected chi connectivity index (χ1v) is 12.1. The minimum Gasteiger partial charge on any atom is -0.497 e. The van der Waals surface area contributed by atoms with Crippen LogP contribution in [0.25, 0.3) is 22.2 Å². The van der Waals surface area contributed by atoms with E-state index in [1.165, 1.54) is 5.56 Å². The van der Waals surface area contributed by atoms with Gasteiger partial charge in [0.15, 0.2) is 0 Å². The molecule has 4 aromatic carbocycles. The average molecular weight is 473 g/mol. The fraction of sp³-hybridized carbons (Fsp3) is 0.125. The van der Waals surface area contributed by atoms with E-state index < -0.39 is 0 Å². The zero-order chi connectivity index (χ0) is 24.9. The second kappa shape index (κ2) is 10.4. The summed E-state index contributed by atoms with van der Waals surface area (Å²) in [4.78, 5) is 18.8. The van der Waals surface area contributed by atoms with Crippen LogP contribution in [0.15, 0.2) is 109 Å². The number of nitrogens with one attached hydrogen (secondary N) is 1. The molecule has 0 aliphatic carbocycles. The molecule has 0 fully saturated rings. The molecule has 0 saturated carbocycles. The van der Waals surface area contributed by atoms with Gasteiger partial charge in [-0.05, 0) is 54.8 Å². The number of aromatic nitrogens is 1. The lowest BCUT2D eigenvalue weighted by molar-refractivity contribution is 0.0938. The van der Waals surface area contributed by atoms with Crippen molar-refractivity contribution in [3.8, 4) is 17.0 Å². The van der Waals surface area contributed by atoms with E-state index in [9.17, 15) is 4.79 Å². The number of methoxy groups -OCH3 is 1. The van der Waals surface area contributed by atoms with Crippen molar-refractivity contribution in [1.82, 2.24) is 10.3 Å². The van der Waals surface area contributed by atoms with Crippen molar-refractivity contribution < 1.29 is 9.53 Å². The van der Waals surface area contributed by atoms with Crippen LogP contribution in [0, 0.1) is 6.92 Å². The Balaban J connectivity index is 1.57. The van der Waals surface area contributed by atoms with Crippen molar-refractivity contribution in [3.63, 3.8) is 0 Å². The molecule has 0 saturated heterocycles. The molecular weight excluding hydrogens is 444 g/mol. The lowest BCUT2D eigenvalue weighted by Crippen LogP contribution is -2.30. The molecule has 1 amide bonds. The summed E-state index contributed by atoms with van der Waals surface area (Å²) in [6, 6.07) is 35.9. The number of rotatable bonds is 7. The van der Waals surface area contributed by atoms with Gasteiger partial charge in [0.2, 0.25) is 0 Å². The number of aryl methyl sites for hydroxylation is 1. The summed E-state index contributed by atoms with van der Waals surface area (Å²) in [5, 5.41) is 4.16. The molecule has 0 radical (unpaired) electrons. The van der Waals surface area contributed by atoms with Gasteiger partial charge < -0.3 is 10.1 Å². The van der Waals surface area contributed by atoms with Crippen LogP contribution in [0.4, 0.5) is 0 Å². The van der Waals surface area contributed by atoms with E-state index in [4.69, 9.17) is 9.72 Å². The molecule has 1 atom stereocenters. The second-order valence-electron chi connectivity index (χ2n) is 8.93. The van der Waals surface area contributed by atoms with Gasteiger partial charge in [-0.15, -0.1) is 0 Å². The molecule has 1 N–H and O–H groups in total. The van der Waals surface area contributed by atoms with Crippen LogP contribution in [0.2, 0.25) is 0 Å². The Labute approximate surface area is 211 Å². The zero-order valence-electron chi connectivity index (χ0n) is 20.4. The van der Waals surface area contributed by atoms with E-state index in [0.29, 0.717) is 12.0 Å². The number of ether oxygens (including phenoxy) is 1. The summed E-state index contributed by atoms with van der Waals surface area (Å²) < 4.78 is 5.41. The van der Waals surface area contributed by atoms with Crippen molar-refractivity contribution in [2.24, 2.45) is 0 Å². The first-order chi connectivity index (χ1) is 17.6. The molecule has 5 rings (SSSR count). The topological polar surface area (TPSA) is 51.2 Å².